The molecule has 1 aliphatic rings. The molecule has 160 valence electrons. The Morgan fingerprint density at radius 1 is 1.16 bits per heavy atom. The topological polar surface area (TPSA) is 67.3 Å². The minimum atomic E-state index is -0.178. The number of ether oxygens (including phenoxy) is 1. The van der Waals surface area contributed by atoms with E-state index in [2.05, 4.69) is 20.2 Å². The third kappa shape index (κ3) is 4.92. The fourth-order valence-electron chi connectivity index (χ4n) is 3.67. The summed E-state index contributed by atoms with van der Waals surface area (Å²) >= 11 is 12.3. The number of carbonyl (C=O) groups is 1. The van der Waals surface area contributed by atoms with Gasteiger partial charge in [-0.3, -0.25) is 4.79 Å². The standard InChI is InChI=1S/C23H22Cl2N4O2/c1-31-17-9-7-15(8-10-17)20-12-21(27-14-26-20)29-11-3-4-16(13-29)23(30)28-19-6-2-5-18(24)22(19)25/h2,5-10,12,14,16H,3-4,11,13H2,1H3,(H,28,30). The Hall–Kier alpha value is -2.83. The van der Waals surface area contributed by atoms with Crippen LogP contribution in [0.2, 0.25) is 10.0 Å². The average Bonchev–Trinajstić information content (AvgIpc) is 2.82. The largest absolute Gasteiger partial charge is 0.497 e. The summed E-state index contributed by atoms with van der Waals surface area (Å²) in [5.74, 6) is 1.35. The van der Waals surface area contributed by atoms with Gasteiger partial charge in [0.05, 0.1) is 34.5 Å². The number of hydrogen-bond donors (Lipinski definition) is 1. The molecule has 1 atom stereocenters. The first-order valence-electron chi connectivity index (χ1n) is 10.0. The highest BCUT2D eigenvalue weighted by atomic mass is 35.5. The zero-order valence-corrected chi connectivity index (χ0v) is 18.5. The maximum atomic E-state index is 12.9. The van der Waals surface area contributed by atoms with Gasteiger partial charge in [0.25, 0.3) is 0 Å². The molecule has 1 saturated heterocycles. The number of nitrogens with zero attached hydrogens (tertiary/aromatic N) is 3. The van der Waals surface area contributed by atoms with Crippen LogP contribution in [0.3, 0.4) is 0 Å². The van der Waals surface area contributed by atoms with Gasteiger partial charge < -0.3 is 15.0 Å². The van der Waals surface area contributed by atoms with Crippen molar-refractivity contribution in [3.63, 3.8) is 0 Å². The second kappa shape index (κ2) is 9.54. The molecule has 2 aromatic carbocycles. The zero-order chi connectivity index (χ0) is 21.8. The van der Waals surface area contributed by atoms with E-state index in [0.29, 0.717) is 22.3 Å². The number of rotatable bonds is 5. The minimum Gasteiger partial charge on any atom is -0.497 e. The average molecular weight is 457 g/mol. The van der Waals surface area contributed by atoms with Crippen LogP contribution in [0.15, 0.2) is 54.9 Å². The van der Waals surface area contributed by atoms with Crippen LogP contribution in [0.4, 0.5) is 11.5 Å². The number of carbonyl (C=O) groups excluding carboxylic acids is 1. The molecular weight excluding hydrogens is 435 g/mol. The van der Waals surface area contributed by atoms with Gasteiger partial charge in [0.1, 0.15) is 17.9 Å². The summed E-state index contributed by atoms with van der Waals surface area (Å²) in [5, 5.41) is 3.68. The first-order valence-corrected chi connectivity index (χ1v) is 10.8. The Morgan fingerprint density at radius 2 is 1.97 bits per heavy atom. The fraction of sp³-hybridized carbons (Fsp3) is 0.261. The quantitative estimate of drug-likeness (QED) is 0.562. The van der Waals surface area contributed by atoms with Crippen molar-refractivity contribution in [2.45, 2.75) is 12.8 Å². The highest BCUT2D eigenvalue weighted by Crippen LogP contribution is 2.31. The maximum Gasteiger partial charge on any atom is 0.229 e. The van der Waals surface area contributed by atoms with E-state index in [0.717, 1.165) is 42.2 Å². The number of methoxy groups -OCH3 is 1. The van der Waals surface area contributed by atoms with Crippen molar-refractivity contribution in [2.24, 2.45) is 5.92 Å². The number of benzene rings is 2. The molecular formula is C23H22Cl2N4O2. The fourth-order valence-corrected chi connectivity index (χ4v) is 4.02. The van der Waals surface area contributed by atoms with Crippen LogP contribution in [-0.2, 0) is 4.79 Å². The summed E-state index contributed by atoms with van der Waals surface area (Å²) in [6.45, 7) is 1.41. The van der Waals surface area contributed by atoms with Crippen molar-refractivity contribution in [1.82, 2.24) is 9.97 Å². The molecule has 0 bridgehead atoms. The monoisotopic (exact) mass is 456 g/mol. The molecule has 1 amide bonds. The molecule has 3 aromatic rings. The Labute approximate surface area is 191 Å². The Bertz CT molecular complexity index is 1080. The molecule has 1 unspecified atom stereocenters. The lowest BCUT2D eigenvalue weighted by atomic mass is 9.97. The molecule has 6 nitrogen and oxygen atoms in total. The van der Waals surface area contributed by atoms with Crippen molar-refractivity contribution in [3.8, 4) is 17.0 Å². The van der Waals surface area contributed by atoms with Crippen molar-refractivity contribution in [3.05, 3.63) is 64.9 Å². The molecule has 2 heterocycles. The number of hydrogen-bond acceptors (Lipinski definition) is 5. The number of halogens is 2. The predicted octanol–water partition coefficient (Wildman–Crippen LogP) is 5.31. The van der Waals surface area contributed by atoms with Crippen LogP contribution in [-0.4, -0.2) is 36.1 Å². The van der Waals surface area contributed by atoms with Crippen molar-refractivity contribution in [1.29, 1.82) is 0 Å². The first kappa shape index (κ1) is 21.4. The summed E-state index contributed by atoms with van der Waals surface area (Å²) in [5.41, 5.74) is 2.33. The first-order chi connectivity index (χ1) is 15.0. The van der Waals surface area contributed by atoms with Gasteiger partial charge in [-0.25, -0.2) is 9.97 Å². The van der Waals surface area contributed by atoms with E-state index in [9.17, 15) is 4.79 Å². The van der Waals surface area contributed by atoms with Gasteiger partial charge in [-0.15, -0.1) is 0 Å². The molecule has 0 spiro atoms. The minimum absolute atomic E-state index is 0.0710. The van der Waals surface area contributed by atoms with E-state index in [1.54, 1.807) is 31.6 Å². The highest BCUT2D eigenvalue weighted by Gasteiger charge is 2.27. The molecule has 0 saturated carbocycles. The molecule has 1 aliphatic heterocycles. The van der Waals surface area contributed by atoms with E-state index in [1.165, 1.54) is 0 Å². The van der Waals surface area contributed by atoms with E-state index < -0.39 is 0 Å². The van der Waals surface area contributed by atoms with Gasteiger partial charge in [0.15, 0.2) is 0 Å². The van der Waals surface area contributed by atoms with Crippen molar-refractivity contribution in [2.75, 3.05) is 30.4 Å². The highest BCUT2D eigenvalue weighted by molar-refractivity contribution is 6.44. The zero-order valence-electron chi connectivity index (χ0n) is 17.0. The molecule has 31 heavy (non-hydrogen) atoms. The maximum absolute atomic E-state index is 12.9. The van der Waals surface area contributed by atoms with Crippen LogP contribution in [0.5, 0.6) is 5.75 Å². The number of piperidine rings is 1. The molecule has 0 aliphatic carbocycles. The summed E-state index contributed by atoms with van der Waals surface area (Å²) in [7, 11) is 1.64. The molecule has 4 rings (SSSR count). The predicted molar refractivity (Wildman–Crippen MR) is 124 cm³/mol. The Morgan fingerprint density at radius 3 is 2.74 bits per heavy atom. The van der Waals surface area contributed by atoms with Crippen LogP contribution in [0.25, 0.3) is 11.3 Å². The van der Waals surface area contributed by atoms with Gasteiger partial charge in [-0.05, 0) is 49.2 Å². The Balaban J connectivity index is 1.48. The normalized spacial score (nSPS) is 16.1. The van der Waals surface area contributed by atoms with Gasteiger partial charge in [0.2, 0.25) is 5.91 Å². The van der Waals surface area contributed by atoms with Crippen molar-refractivity contribution >= 4 is 40.6 Å². The van der Waals surface area contributed by atoms with Crippen LogP contribution >= 0.6 is 23.2 Å². The van der Waals surface area contributed by atoms with Crippen molar-refractivity contribution < 1.29 is 9.53 Å². The van der Waals surface area contributed by atoms with Crippen LogP contribution in [0.1, 0.15) is 12.8 Å². The summed E-state index contributed by atoms with van der Waals surface area (Å²) in [6.07, 6.45) is 3.25. The van der Waals surface area contributed by atoms with Gasteiger partial charge >= 0.3 is 0 Å². The Kier molecular flexibility index (Phi) is 6.59. The van der Waals surface area contributed by atoms with Gasteiger partial charge in [0, 0.05) is 24.7 Å². The number of anilines is 2. The van der Waals surface area contributed by atoms with E-state index in [-0.39, 0.29) is 11.8 Å². The third-order valence-electron chi connectivity index (χ3n) is 5.36. The van der Waals surface area contributed by atoms with E-state index in [1.807, 2.05) is 30.3 Å². The smallest absolute Gasteiger partial charge is 0.229 e. The van der Waals surface area contributed by atoms with E-state index in [4.69, 9.17) is 27.9 Å². The summed E-state index contributed by atoms with van der Waals surface area (Å²) in [6, 6.07) is 14.9. The molecule has 1 aromatic heterocycles. The van der Waals surface area contributed by atoms with E-state index >= 15 is 0 Å². The number of amides is 1. The summed E-state index contributed by atoms with van der Waals surface area (Å²) in [4.78, 5) is 23.8. The lowest BCUT2D eigenvalue weighted by Crippen LogP contribution is -2.41. The van der Waals surface area contributed by atoms with Crippen LogP contribution in [0, 0.1) is 5.92 Å². The van der Waals surface area contributed by atoms with Crippen LogP contribution < -0.4 is 15.0 Å². The second-order valence-corrected chi connectivity index (χ2v) is 8.15. The molecule has 1 N–H and O–H groups in total. The lowest BCUT2D eigenvalue weighted by molar-refractivity contribution is -0.120. The van der Waals surface area contributed by atoms with Gasteiger partial charge in [-0.1, -0.05) is 29.3 Å². The molecule has 0 radical (unpaired) electrons. The molecule has 1 fully saturated rings. The SMILES string of the molecule is COc1ccc(-c2cc(N3CCCC(C(=O)Nc4cccc(Cl)c4Cl)C3)ncn2)cc1. The third-order valence-corrected chi connectivity index (χ3v) is 6.18. The number of nitrogens with one attached hydrogen (secondary N) is 1. The van der Waals surface area contributed by atoms with Gasteiger partial charge in [-0.2, -0.15) is 0 Å². The molecule has 8 heteroatoms. The number of aromatic nitrogens is 2. The lowest BCUT2D eigenvalue weighted by Gasteiger charge is -2.33. The summed E-state index contributed by atoms with van der Waals surface area (Å²) < 4.78 is 5.22. The second-order valence-electron chi connectivity index (χ2n) is 7.37.